The molecular formula is C11H14ClN3O. The van der Waals surface area contributed by atoms with Gasteiger partial charge in [-0.3, -0.25) is 4.79 Å². The molecular weight excluding hydrogens is 226 g/mol. The van der Waals surface area contributed by atoms with Crippen molar-refractivity contribution in [3.63, 3.8) is 0 Å². The van der Waals surface area contributed by atoms with Crippen LogP contribution in [0.3, 0.4) is 0 Å². The second-order valence-electron chi connectivity index (χ2n) is 3.76. The molecule has 1 fully saturated rings. The number of carbonyl (C=O) groups excluding carboxylic acids is 1. The number of halogens is 1. The molecule has 5 heteroatoms. The maximum atomic E-state index is 12.1. The van der Waals surface area contributed by atoms with Crippen molar-refractivity contribution in [2.24, 2.45) is 0 Å². The van der Waals surface area contributed by atoms with Gasteiger partial charge in [0.15, 0.2) is 0 Å². The standard InChI is InChI=1S/C11H14ClN3O/c1-2-15(9-6-13-7-9)11(16)10-4-3-8(12)5-14-10/h3-5,9,13H,2,6-7H2,1H3. The molecule has 0 spiro atoms. The first-order valence-corrected chi connectivity index (χ1v) is 5.73. The number of hydrogen-bond acceptors (Lipinski definition) is 3. The summed E-state index contributed by atoms with van der Waals surface area (Å²) in [5.41, 5.74) is 0.457. The average molecular weight is 240 g/mol. The summed E-state index contributed by atoms with van der Waals surface area (Å²) in [6.45, 7) is 4.42. The van der Waals surface area contributed by atoms with Crippen molar-refractivity contribution in [2.45, 2.75) is 13.0 Å². The van der Waals surface area contributed by atoms with Gasteiger partial charge in [0.2, 0.25) is 0 Å². The van der Waals surface area contributed by atoms with Gasteiger partial charge in [-0.2, -0.15) is 0 Å². The number of amides is 1. The van der Waals surface area contributed by atoms with E-state index in [4.69, 9.17) is 11.6 Å². The zero-order valence-electron chi connectivity index (χ0n) is 9.11. The van der Waals surface area contributed by atoms with Gasteiger partial charge in [-0.05, 0) is 19.1 Å². The van der Waals surface area contributed by atoms with Crippen LogP contribution >= 0.6 is 11.6 Å². The number of likely N-dealkylation sites (N-methyl/N-ethyl adjacent to an activating group) is 1. The summed E-state index contributed by atoms with van der Waals surface area (Å²) >= 11 is 5.73. The maximum Gasteiger partial charge on any atom is 0.272 e. The van der Waals surface area contributed by atoms with E-state index in [0.29, 0.717) is 23.3 Å². The highest BCUT2D eigenvalue weighted by Crippen LogP contribution is 2.12. The summed E-state index contributed by atoms with van der Waals surface area (Å²) in [5, 5.41) is 3.70. The summed E-state index contributed by atoms with van der Waals surface area (Å²) in [5.74, 6) is -0.0225. The first-order chi connectivity index (χ1) is 7.72. The molecule has 1 N–H and O–H groups in total. The van der Waals surface area contributed by atoms with Crippen molar-refractivity contribution in [2.75, 3.05) is 19.6 Å². The minimum absolute atomic E-state index is 0.0225. The van der Waals surface area contributed by atoms with Crippen LogP contribution in [0, 0.1) is 0 Å². The molecule has 0 aromatic carbocycles. The van der Waals surface area contributed by atoms with Crippen LogP contribution in [0.5, 0.6) is 0 Å². The Balaban J connectivity index is 2.12. The van der Waals surface area contributed by atoms with Crippen molar-refractivity contribution >= 4 is 17.5 Å². The highest BCUT2D eigenvalue weighted by atomic mass is 35.5. The molecule has 16 heavy (non-hydrogen) atoms. The molecule has 0 bridgehead atoms. The van der Waals surface area contributed by atoms with E-state index in [1.54, 1.807) is 12.1 Å². The lowest BCUT2D eigenvalue weighted by Crippen LogP contribution is -2.58. The maximum absolute atomic E-state index is 12.1. The van der Waals surface area contributed by atoms with E-state index in [9.17, 15) is 4.79 Å². The number of nitrogens with zero attached hydrogens (tertiary/aromatic N) is 2. The Morgan fingerprint density at radius 3 is 2.81 bits per heavy atom. The molecule has 1 amide bonds. The molecule has 1 saturated heterocycles. The summed E-state index contributed by atoms with van der Waals surface area (Å²) in [7, 11) is 0. The molecule has 2 heterocycles. The van der Waals surface area contributed by atoms with Crippen LogP contribution in [0.4, 0.5) is 0 Å². The third-order valence-electron chi connectivity index (χ3n) is 2.75. The Morgan fingerprint density at radius 1 is 1.62 bits per heavy atom. The van der Waals surface area contributed by atoms with E-state index >= 15 is 0 Å². The van der Waals surface area contributed by atoms with Crippen LogP contribution in [0.1, 0.15) is 17.4 Å². The topological polar surface area (TPSA) is 45.2 Å². The number of rotatable bonds is 3. The summed E-state index contributed by atoms with van der Waals surface area (Å²) in [6.07, 6.45) is 1.50. The third kappa shape index (κ3) is 2.18. The largest absolute Gasteiger partial charge is 0.332 e. The van der Waals surface area contributed by atoms with Crippen LogP contribution in [0.2, 0.25) is 5.02 Å². The van der Waals surface area contributed by atoms with Crippen LogP contribution < -0.4 is 5.32 Å². The molecule has 0 radical (unpaired) electrons. The fourth-order valence-corrected chi connectivity index (χ4v) is 1.82. The second kappa shape index (κ2) is 4.80. The minimum Gasteiger partial charge on any atom is -0.332 e. The summed E-state index contributed by atoms with van der Waals surface area (Å²) in [6, 6.07) is 3.66. The lowest BCUT2D eigenvalue weighted by molar-refractivity contribution is 0.0624. The Labute approximate surface area is 99.6 Å². The summed E-state index contributed by atoms with van der Waals surface area (Å²) in [4.78, 5) is 18.0. The van der Waals surface area contributed by atoms with Crippen molar-refractivity contribution in [3.05, 3.63) is 29.0 Å². The van der Waals surface area contributed by atoms with Crippen molar-refractivity contribution in [1.29, 1.82) is 0 Å². The van der Waals surface area contributed by atoms with E-state index in [2.05, 4.69) is 10.3 Å². The van der Waals surface area contributed by atoms with Gasteiger partial charge < -0.3 is 10.2 Å². The Bertz CT molecular complexity index is 375. The Morgan fingerprint density at radius 2 is 2.38 bits per heavy atom. The number of nitrogens with one attached hydrogen (secondary N) is 1. The fraction of sp³-hybridized carbons (Fsp3) is 0.455. The van der Waals surface area contributed by atoms with Gasteiger partial charge in [0.25, 0.3) is 5.91 Å². The smallest absolute Gasteiger partial charge is 0.272 e. The van der Waals surface area contributed by atoms with Gasteiger partial charge in [0, 0.05) is 25.8 Å². The van der Waals surface area contributed by atoms with Crippen LogP contribution in [-0.4, -0.2) is 41.5 Å². The SMILES string of the molecule is CCN(C(=O)c1ccc(Cl)cn1)C1CNC1. The van der Waals surface area contributed by atoms with E-state index in [1.165, 1.54) is 6.20 Å². The predicted molar refractivity (Wildman–Crippen MR) is 62.6 cm³/mol. The molecule has 2 rings (SSSR count). The number of hydrogen-bond donors (Lipinski definition) is 1. The minimum atomic E-state index is -0.0225. The number of aromatic nitrogens is 1. The van der Waals surface area contributed by atoms with Crippen molar-refractivity contribution in [3.8, 4) is 0 Å². The van der Waals surface area contributed by atoms with Gasteiger partial charge in [-0.1, -0.05) is 11.6 Å². The monoisotopic (exact) mass is 239 g/mol. The molecule has 1 aliphatic heterocycles. The molecule has 4 nitrogen and oxygen atoms in total. The Kier molecular flexibility index (Phi) is 3.41. The van der Waals surface area contributed by atoms with E-state index in [-0.39, 0.29) is 5.91 Å². The van der Waals surface area contributed by atoms with Gasteiger partial charge >= 0.3 is 0 Å². The fourth-order valence-electron chi connectivity index (χ4n) is 1.71. The lowest BCUT2D eigenvalue weighted by Gasteiger charge is -2.37. The average Bonchev–Trinajstić information content (AvgIpc) is 2.23. The summed E-state index contributed by atoms with van der Waals surface area (Å²) < 4.78 is 0. The van der Waals surface area contributed by atoms with Crippen LogP contribution in [0.25, 0.3) is 0 Å². The lowest BCUT2D eigenvalue weighted by atomic mass is 10.1. The molecule has 1 aromatic heterocycles. The molecule has 0 atom stereocenters. The van der Waals surface area contributed by atoms with E-state index in [0.717, 1.165) is 13.1 Å². The zero-order valence-corrected chi connectivity index (χ0v) is 9.87. The van der Waals surface area contributed by atoms with Gasteiger partial charge in [0.05, 0.1) is 11.1 Å². The molecule has 1 aliphatic rings. The van der Waals surface area contributed by atoms with E-state index < -0.39 is 0 Å². The Hall–Kier alpha value is -1.13. The zero-order chi connectivity index (χ0) is 11.5. The normalized spacial score (nSPS) is 15.6. The van der Waals surface area contributed by atoms with Gasteiger partial charge in [-0.15, -0.1) is 0 Å². The van der Waals surface area contributed by atoms with Gasteiger partial charge in [0.1, 0.15) is 5.69 Å². The quantitative estimate of drug-likeness (QED) is 0.861. The molecule has 86 valence electrons. The van der Waals surface area contributed by atoms with Gasteiger partial charge in [-0.25, -0.2) is 4.98 Å². The third-order valence-corrected chi connectivity index (χ3v) is 2.97. The molecule has 0 saturated carbocycles. The number of pyridine rings is 1. The van der Waals surface area contributed by atoms with Crippen LogP contribution in [0.15, 0.2) is 18.3 Å². The highest BCUT2D eigenvalue weighted by Gasteiger charge is 2.28. The molecule has 0 unspecified atom stereocenters. The number of carbonyl (C=O) groups is 1. The van der Waals surface area contributed by atoms with Crippen LogP contribution in [-0.2, 0) is 0 Å². The second-order valence-corrected chi connectivity index (χ2v) is 4.20. The molecule has 1 aromatic rings. The predicted octanol–water partition coefficient (Wildman–Crippen LogP) is 1.17. The highest BCUT2D eigenvalue weighted by molar-refractivity contribution is 6.30. The van der Waals surface area contributed by atoms with Crippen molar-refractivity contribution in [1.82, 2.24) is 15.2 Å². The van der Waals surface area contributed by atoms with Crippen molar-refractivity contribution < 1.29 is 4.79 Å². The molecule has 0 aliphatic carbocycles. The first kappa shape index (κ1) is 11.4. The first-order valence-electron chi connectivity index (χ1n) is 5.35. The van der Waals surface area contributed by atoms with E-state index in [1.807, 2.05) is 11.8 Å².